The molecule has 0 heterocycles. The molecule has 1 aliphatic carbocycles. The van der Waals surface area contributed by atoms with E-state index in [0.29, 0.717) is 18.2 Å². The van der Waals surface area contributed by atoms with E-state index in [-0.39, 0.29) is 17.2 Å². The molecule has 0 radical (unpaired) electrons. The van der Waals surface area contributed by atoms with E-state index in [1.807, 2.05) is 0 Å². The van der Waals surface area contributed by atoms with Crippen LogP contribution in [0.5, 0.6) is 0 Å². The van der Waals surface area contributed by atoms with Gasteiger partial charge < -0.3 is 5.73 Å². The van der Waals surface area contributed by atoms with Crippen LogP contribution in [0.25, 0.3) is 0 Å². The lowest BCUT2D eigenvalue weighted by molar-refractivity contribution is 0.156. The van der Waals surface area contributed by atoms with Crippen molar-refractivity contribution < 1.29 is 4.39 Å². The summed E-state index contributed by atoms with van der Waals surface area (Å²) in [6, 6.07) is 5.64. The number of nitrogens with two attached hydrogens (primary N) is 1. The quantitative estimate of drug-likeness (QED) is 0.656. The zero-order valence-electron chi connectivity index (χ0n) is 12.3. The number of nitrogens with one attached hydrogen (secondary N) is 1. The Kier molecular flexibility index (Phi) is 4.76. The van der Waals surface area contributed by atoms with E-state index in [1.165, 1.54) is 25.7 Å². The van der Waals surface area contributed by atoms with Crippen LogP contribution in [-0.2, 0) is 6.54 Å². The van der Waals surface area contributed by atoms with Crippen LogP contribution >= 0.6 is 0 Å². The fourth-order valence-corrected chi connectivity index (χ4v) is 3.11. The molecule has 0 bridgehead atoms. The zero-order chi connectivity index (χ0) is 14.7. The van der Waals surface area contributed by atoms with Gasteiger partial charge in [0, 0.05) is 18.2 Å². The third-order valence-corrected chi connectivity index (χ3v) is 4.32. The van der Waals surface area contributed by atoms with E-state index in [4.69, 9.17) is 11.1 Å². The smallest absolute Gasteiger partial charge is 0.138 e. The summed E-state index contributed by atoms with van der Waals surface area (Å²) in [6.45, 7) is 2.86. The maximum atomic E-state index is 14.3. The van der Waals surface area contributed by atoms with Gasteiger partial charge in [-0.1, -0.05) is 31.9 Å². The minimum atomic E-state index is -0.351. The van der Waals surface area contributed by atoms with E-state index >= 15 is 0 Å². The number of hydrogen-bond donors (Lipinski definition) is 2. The van der Waals surface area contributed by atoms with Gasteiger partial charge in [-0.25, -0.2) is 4.39 Å². The van der Waals surface area contributed by atoms with E-state index in [1.54, 1.807) is 18.2 Å². The first-order valence-corrected chi connectivity index (χ1v) is 7.31. The third-order valence-electron chi connectivity index (χ3n) is 4.32. The molecule has 2 unspecified atom stereocenters. The second kappa shape index (κ2) is 6.35. The standard InChI is InChI=1S/C16H24FN3/c1-11-5-3-7-13(9-11)20(2)10-12-6-4-8-14(15(12)17)16(18)19/h4,6,8,11,13H,3,5,7,9-10H2,1-2H3,(H3,18,19). The predicted octanol–water partition coefficient (Wildman–Crippen LogP) is 3.12. The van der Waals surface area contributed by atoms with Gasteiger partial charge in [0.1, 0.15) is 11.7 Å². The Morgan fingerprint density at radius 2 is 2.20 bits per heavy atom. The van der Waals surface area contributed by atoms with Gasteiger partial charge in [-0.2, -0.15) is 0 Å². The van der Waals surface area contributed by atoms with Crippen LogP contribution < -0.4 is 5.73 Å². The molecule has 4 heteroatoms. The number of benzene rings is 1. The van der Waals surface area contributed by atoms with E-state index in [2.05, 4.69) is 18.9 Å². The molecule has 2 rings (SSSR count). The van der Waals surface area contributed by atoms with Gasteiger partial charge in [0.05, 0.1) is 5.56 Å². The molecule has 3 N–H and O–H groups in total. The summed E-state index contributed by atoms with van der Waals surface area (Å²) >= 11 is 0. The van der Waals surface area contributed by atoms with Crippen molar-refractivity contribution in [3.63, 3.8) is 0 Å². The highest BCUT2D eigenvalue weighted by Crippen LogP contribution is 2.27. The second-order valence-corrected chi connectivity index (χ2v) is 6.03. The molecule has 110 valence electrons. The molecule has 0 aliphatic heterocycles. The van der Waals surface area contributed by atoms with Gasteiger partial charge in [0.15, 0.2) is 0 Å². The largest absolute Gasteiger partial charge is 0.384 e. The normalized spacial score (nSPS) is 23.0. The van der Waals surface area contributed by atoms with Gasteiger partial charge in [-0.15, -0.1) is 0 Å². The summed E-state index contributed by atoms with van der Waals surface area (Å²) in [5.41, 5.74) is 6.23. The lowest BCUT2D eigenvalue weighted by atomic mass is 9.86. The first kappa shape index (κ1) is 15.0. The third kappa shape index (κ3) is 3.37. The first-order chi connectivity index (χ1) is 9.49. The van der Waals surface area contributed by atoms with Crippen molar-refractivity contribution in [1.82, 2.24) is 4.90 Å². The van der Waals surface area contributed by atoms with Gasteiger partial charge >= 0.3 is 0 Å². The maximum absolute atomic E-state index is 14.3. The summed E-state index contributed by atoms with van der Waals surface area (Å²) in [7, 11) is 2.06. The number of amidine groups is 1. The summed E-state index contributed by atoms with van der Waals surface area (Å²) in [6.07, 6.45) is 4.93. The fraction of sp³-hybridized carbons (Fsp3) is 0.562. The molecule has 0 saturated heterocycles. The summed E-state index contributed by atoms with van der Waals surface area (Å²) in [4.78, 5) is 2.23. The van der Waals surface area contributed by atoms with Crippen molar-refractivity contribution in [1.29, 1.82) is 5.41 Å². The molecule has 3 nitrogen and oxygen atoms in total. The number of nitrogen functional groups attached to an aromatic ring is 1. The topological polar surface area (TPSA) is 53.1 Å². The van der Waals surface area contributed by atoms with Crippen molar-refractivity contribution in [2.24, 2.45) is 11.7 Å². The van der Waals surface area contributed by atoms with Crippen molar-refractivity contribution in [3.05, 3.63) is 35.1 Å². The van der Waals surface area contributed by atoms with Crippen molar-refractivity contribution in [2.75, 3.05) is 7.05 Å². The van der Waals surface area contributed by atoms with Crippen LogP contribution in [0, 0.1) is 17.1 Å². The molecule has 1 saturated carbocycles. The Labute approximate surface area is 120 Å². The zero-order valence-corrected chi connectivity index (χ0v) is 12.3. The van der Waals surface area contributed by atoms with Crippen LogP contribution in [0.4, 0.5) is 4.39 Å². The van der Waals surface area contributed by atoms with Crippen LogP contribution in [-0.4, -0.2) is 23.8 Å². The number of halogens is 1. The lowest BCUT2D eigenvalue weighted by Gasteiger charge is -2.34. The maximum Gasteiger partial charge on any atom is 0.138 e. The molecule has 1 aromatic rings. The highest BCUT2D eigenvalue weighted by atomic mass is 19.1. The van der Waals surface area contributed by atoms with Crippen molar-refractivity contribution >= 4 is 5.84 Å². The molecular formula is C16H24FN3. The minimum absolute atomic E-state index is 0.202. The molecular weight excluding hydrogens is 253 g/mol. The molecule has 1 fully saturated rings. The Bertz CT molecular complexity index is 487. The van der Waals surface area contributed by atoms with Crippen LogP contribution in [0.15, 0.2) is 18.2 Å². The Balaban J connectivity index is 2.09. The average molecular weight is 277 g/mol. The monoisotopic (exact) mass is 277 g/mol. The molecule has 1 aromatic carbocycles. The van der Waals surface area contributed by atoms with E-state index in [0.717, 1.165) is 5.92 Å². The molecule has 0 spiro atoms. The number of nitrogens with zero attached hydrogens (tertiary/aromatic N) is 1. The van der Waals surface area contributed by atoms with E-state index in [9.17, 15) is 4.39 Å². The van der Waals surface area contributed by atoms with Gasteiger partial charge in [-0.3, -0.25) is 10.3 Å². The first-order valence-electron chi connectivity index (χ1n) is 7.31. The lowest BCUT2D eigenvalue weighted by Crippen LogP contribution is -2.35. The summed E-state index contributed by atoms with van der Waals surface area (Å²) in [5, 5.41) is 7.40. The molecule has 0 amide bonds. The molecule has 0 aromatic heterocycles. The Hall–Kier alpha value is -1.42. The highest BCUT2D eigenvalue weighted by Gasteiger charge is 2.23. The van der Waals surface area contributed by atoms with Gasteiger partial charge in [0.25, 0.3) is 0 Å². The number of hydrogen-bond acceptors (Lipinski definition) is 2. The number of rotatable bonds is 4. The Morgan fingerprint density at radius 1 is 1.45 bits per heavy atom. The summed E-state index contributed by atoms with van der Waals surface area (Å²) < 4.78 is 14.3. The minimum Gasteiger partial charge on any atom is -0.384 e. The Morgan fingerprint density at radius 3 is 2.85 bits per heavy atom. The van der Waals surface area contributed by atoms with Crippen molar-refractivity contribution in [2.45, 2.75) is 45.2 Å². The van der Waals surface area contributed by atoms with Crippen molar-refractivity contribution in [3.8, 4) is 0 Å². The molecule has 1 aliphatic rings. The average Bonchev–Trinajstić information content (AvgIpc) is 2.40. The highest BCUT2D eigenvalue weighted by molar-refractivity contribution is 5.95. The predicted molar refractivity (Wildman–Crippen MR) is 80.3 cm³/mol. The SMILES string of the molecule is CC1CCCC(N(C)Cc2cccc(C(=N)N)c2F)C1. The van der Waals surface area contributed by atoms with Gasteiger partial charge in [0.2, 0.25) is 0 Å². The second-order valence-electron chi connectivity index (χ2n) is 6.03. The van der Waals surface area contributed by atoms with Crippen LogP contribution in [0.1, 0.15) is 43.7 Å². The van der Waals surface area contributed by atoms with Gasteiger partial charge in [-0.05, 0) is 31.9 Å². The summed E-state index contributed by atoms with van der Waals surface area (Å²) in [5.74, 6) is 0.193. The van der Waals surface area contributed by atoms with Crippen LogP contribution in [0.2, 0.25) is 0 Å². The van der Waals surface area contributed by atoms with Crippen LogP contribution in [0.3, 0.4) is 0 Å². The fourth-order valence-electron chi connectivity index (χ4n) is 3.11. The van der Waals surface area contributed by atoms with E-state index < -0.39 is 0 Å². The molecule has 2 atom stereocenters. The molecule has 20 heavy (non-hydrogen) atoms.